The Bertz CT molecular complexity index is 747. The first-order valence-corrected chi connectivity index (χ1v) is 11.0. The van der Waals surface area contributed by atoms with Gasteiger partial charge in [-0.2, -0.15) is 0 Å². The van der Waals surface area contributed by atoms with Gasteiger partial charge in [0.2, 0.25) is 0 Å². The first kappa shape index (κ1) is 20.9. The van der Waals surface area contributed by atoms with Crippen LogP contribution in [0.1, 0.15) is 41.2 Å². The zero-order valence-electron chi connectivity index (χ0n) is 15.5. The molecule has 2 aromatic heterocycles. The van der Waals surface area contributed by atoms with E-state index in [9.17, 15) is 9.59 Å². The van der Waals surface area contributed by atoms with Gasteiger partial charge in [-0.3, -0.25) is 9.59 Å². The molecule has 0 saturated carbocycles. The van der Waals surface area contributed by atoms with Crippen LogP contribution in [0.15, 0.2) is 17.5 Å². The van der Waals surface area contributed by atoms with E-state index in [0.29, 0.717) is 5.75 Å². The lowest BCUT2D eigenvalue weighted by atomic mass is 10.2. The van der Waals surface area contributed by atoms with Crippen LogP contribution in [0.4, 0.5) is 4.79 Å². The van der Waals surface area contributed by atoms with Crippen molar-refractivity contribution >= 4 is 45.6 Å². The number of ether oxygens (including phenoxy) is 1. The first-order chi connectivity index (χ1) is 12.2. The van der Waals surface area contributed by atoms with Crippen LogP contribution < -0.4 is 5.32 Å². The predicted molar refractivity (Wildman–Crippen MR) is 109 cm³/mol. The zero-order chi connectivity index (χ0) is 19.2. The van der Waals surface area contributed by atoms with Gasteiger partial charge in [0.25, 0.3) is 5.24 Å². The number of esters is 1. The van der Waals surface area contributed by atoms with Gasteiger partial charge in [0.1, 0.15) is 12.1 Å². The summed E-state index contributed by atoms with van der Waals surface area (Å²) in [5.74, 6) is 0.169. The van der Waals surface area contributed by atoms with Crippen LogP contribution in [0.5, 0.6) is 0 Å². The summed E-state index contributed by atoms with van der Waals surface area (Å²) < 4.78 is 5.15. The van der Waals surface area contributed by atoms with E-state index in [2.05, 4.69) is 27.8 Å². The van der Waals surface area contributed by atoms with Crippen LogP contribution in [0.25, 0.3) is 0 Å². The van der Waals surface area contributed by atoms with E-state index in [0.717, 1.165) is 40.2 Å². The van der Waals surface area contributed by atoms with Crippen molar-refractivity contribution in [3.63, 3.8) is 0 Å². The number of carbonyl (C=O) groups excluding carboxylic acids is 2. The van der Waals surface area contributed by atoms with Crippen LogP contribution in [0.3, 0.4) is 0 Å². The Morgan fingerprint density at radius 3 is 2.62 bits per heavy atom. The maximum atomic E-state index is 11.8. The third-order valence-corrected chi connectivity index (χ3v) is 6.17. The lowest BCUT2D eigenvalue weighted by molar-refractivity contribution is -0.153. The second-order valence-corrected chi connectivity index (χ2v) is 10.0. The Kier molecular flexibility index (Phi) is 7.67. The highest BCUT2D eigenvalue weighted by molar-refractivity contribution is 8.12. The molecule has 0 aliphatic carbocycles. The van der Waals surface area contributed by atoms with E-state index in [4.69, 9.17) is 4.74 Å². The highest BCUT2D eigenvalue weighted by atomic mass is 32.2. The quantitative estimate of drug-likeness (QED) is 0.674. The molecule has 5 nitrogen and oxygen atoms in total. The molecule has 2 aromatic rings. The summed E-state index contributed by atoms with van der Waals surface area (Å²) in [4.78, 5) is 30.3. The Labute approximate surface area is 166 Å². The number of nitrogens with one attached hydrogen (secondary N) is 1. The number of nitrogens with zero attached hydrogens (tertiary/aromatic N) is 1. The van der Waals surface area contributed by atoms with Crippen molar-refractivity contribution in [2.24, 2.45) is 0 Å². The maximum Gasteiger partial charge on any atom is 0.325 e. The largest absolute Gasteiger partial charge is 0.459 e. The van der Waals surface area contributed by atoms with Gasteiger partial charge in [0, 0.05) is 20.9 Å². The molecular weight excluding hydrogens is 388 g/mol. The molecule has 0 fully saturated rings. The van der Waals surface area contributed by atoms with Gasteiger partial charge in [-0.25, -0.2) is 4.98 Å². The van der Waals surface area contributed by atoms with Gasteiger partial charge in [-0.05, 0) is 52.7 Å². The summed E-state index contributed by atoms with van der Waals surface area (Å²) in [6.07, 6.45) is 1.90. The number of aromatic nitrogens is 1. The van der Waals surface area contributed by atoms with E-state index in [1.807, 2.05) is 6.92 Å². The molecule has 0 spiro atoms. The molecule has 1 amide bonds. The van der Waals surface area contributed by atoms with Crippen LogP contribution >= 0.6 is 34.4 Å². The molecule has 0 bridgehead atoms. The number of carbonyl (C=O) groups is 2. The fraction of sp³-hybridized carbons (Fsp3) is 0.500. The van der Waals surface area contributed by atoms with E-state index in [1.165, 1.54) is 4.88 Å². The molecule has 0 saturated heterocycles. The van der Waals surface area contributed by atoms with Crippen LogP contribution in [-0.4, -0.2) is 28.3 Å². The molecule has 0 aromatic carbocycles. The Hall–Kier alpha value is -1.38. The molecule has 26 heavy (non-hydrogen) atoms. The highest BCUT2D eigenvalue weighted by Gasteiger charge is 2.16. The van der Waals surface area contributed by atoms with Gasteiger partial charge in [-0.1, -0.05) is 11.8 Å². The summed E-state index contributed by atoms with van der Waals surface area (Å²) in [6, 6.07) is 4.17. The average Bonchev–Trinajstić information content (AvgIpc) is 3.16. The predicted octanol–water partition coefficient (Wildman–Crippen LogP) is 4.58. The minimum Gasteiger partial charge on any atom is -0.459 e. The minimum absolute atomic E-state index is 0.105. The molecule has 0 aliphatic heterocycles. The fourth-order valence-corrected chi connectivity index (χ4v) is 4.53. The molecule has 8 heteroatoms. The number of rotatable bonds is 7. The SMILES string of the molecule is Cc1nc(CCc2ccc(CSC(=O)NCC(=O)OC(C)(C)C)s2)cs1. The van der Waals surface area contributed by atoms with Gasteiger partial charge in [-0.15, -0.1) is 22.7 Å². The van der Waals surface area contributed by atoms with Gasteiger partial charge in [0.15, 0.2) is 0 Å². The van der Waals surface area contributed by atoms with Crippen molar-refractivity contribution < 1.29 is 14.3 Å². The number of thioether (sulfide) groups is 1. The van der Waals surface area contributed by atoms with E-state index in [1.54, 1.807) is 43.4 Å². The van der Waals surface area contributed by atoms with Crippen molar-refractivity contribution in [3.8, 4) is 0 Å². The van der Waals surface area contributed by atoms with Crippen LogP contribution in [0.2, 0.25) is 0 Å². The molecule has 0 unspecified atom stereocenters. The third kappa shape index (κ3) is 7.88. The van der Waals surface area contributed by atoms with Gasteiger partial charge < -0.3 is 10.1 Å². The number of amides is 1. The maximum absolute atomic E-state index is 11.8. The third-order valence-electron chi connectivity index (χ3n) is 3.15. The second-order valence-electron chi connectivity index (χ2n) is 6.74. The first-order valence-electron chi connectivity index (χ1n) is 8.32. The van der Waals surface area contributed by atoms with Crippen LogP contribution in [-0.2, 0) is 28.1 Å². The molecular formula is C18H24N2O3S3. The molecule has 142 valence electrons. The number of aryl methyl sites for hydroxylation is 3. The fourth-order valence-electron chi connectivity index (χ4n) is 2.12. The number of thiazole rings is 1. The van der Waals surface area contributed by atoms with E-state index >= 15 is 0 Å². The van der Waals surface area contributed by atoms with E-state index in [-0.39, 0.29) is 11.8 Å². The molecule has 0 atom stereocenters. The Balaban J connectivity index is 1.68. The zero-order valence-corrected chi connectivity index (χ0v) is 17.9. The standard InChI is InChI=1S/C18H24N2O3S3/c1-12-20-13(10-24-12)5-6-14-7-8-15(26-14)11-25-17(22)19-9-16(21)23-18(2,3)4/h7-8,10H,5-6,9,11H2,1-4H3,(H,19,22). The van der Waals surface area contributed by atoms with Crippen molar-refractivity contribution in [1.82, 2.24) is 10.3 Å². The number of hydrogen-bond donors (Lipinski definition) is 1. The smallest absolute Gasteiger partial charge is 0.325 e. The summed E-state index contributed by atoms with van der Waals surface area (Å²) in [7, 11) is 0. The minimum atomic E-state index is -0.542. The topological polar surface area (TPSA) is 68.3 Å². The highest BCUT2D eigenvalue weighted by Crippen LogP contribution is 2.23. The normalized spacial score (nSPS) is 11.4. The molecule has 0 radical (unpaired) electrons. The van der Waals surface area contributed by atoms with E-state index < -0.39 is 11.6 Å². The Morgan fingerprint density at radius 1 is 1.23 bits per heavy atom. The number of hydrogen-bond acceptors (Lipinski definition) is 7. The second kappa shape index (κ2) is 9.53. The lowest BCUT2D eigenvalue weighted by Crippen LogP contribution is -2.33. The van der Waals surface area contributed by atoms with Crippen molar-refractivity contribution in [1.29, 1.82) is 0 Å². The summed E-state index contributed by atoms with van der Waals surface area (Å²) in [5, 5.41) is 5.56. The molecule has 2 heterocycles. The average molecular weight is 413 g/mol. The monoisotopic (exact) mass is 412 g/mol. The summed E-state index contributed by atoms with van der Waals surface area (Å²) in [6.45, 7) is 7.30. The van der Waals surface area contributed by atoms with Crippen molar-refractivity contribution in [3.05, 3.63) is 38.0 Å². The van der Waals surface area contributed by atoms with Gasteiger partial charge >= 0.3 is 5.97 Å². The van der Waals surface area contributed by atoms with Crippen LogP contribution in [0, 0.1) is 6.92 Å². The van der Waals surface area contributed by atoms with Crippen molar-refractivity contribution in [2.45, 2.75) is 51.9 Å². The molecule has 1 N–H and O–H groups in total. The summed E-state index contributed by atoms with van der Waals surface area (Å²) >= 11 is 4.56. The number of thiophene rings is 1. The summed E-state index contributed by atoms with van der Waals surface area (Å²) in [5.41, 5.74) is 0.595. The molecule has 2 rings (SSSR count). The molecule has 0 aliphatic rings. The van der Waals surface area contributed by atoms with Gasteiger partial charge in [0.05, 0.1) is 10.7 Å². The van der Waals surface area contributed by atoms with Crippen molar-refractivity contribution in [2.75, 3.05) is 6.54 Å². The lowest BCUT2D eigenvalue weighted by Gasteiger charge is -2.19. The Morgan fingerprint density at radius 2 is 1.96 bits per heavy atom.